The molecule has 106 valence electrons. The van der Waals surface area contributed by atoms with Gasteiger partial charge in [-0.25, -0.2) is 8.78 Å². The number of piperidine rings is 1. The van der Waals surface area contributed by atoms with Gasteiger partial charge in [0.15, 0.2) is 11.5 Å². The van der Waals surface area contributed by atoms with Gasteiger partial charge in [0.1, 0.15) is 0 Å². The molecular weight excluding hydrogens is 252 g/mol. The van der Waals surface area contributed by atoms with Crippen molar-refractivity contribution in [1.82, 2.24) is 5.32 Å². The number of rotatable bonds is 4. The Kier molecular flexibility index (Phi) is 4.58. The third kappa shape index (κ3) is 2.97. The maximum Gasteiger partial charge on any atom is 0.263 e. The number of nitrogens with one attached hydrogen (secondary N) is 1. The Balaban J connectivity index is 2.45. The van der Waals surface area contributed by atoms with Gasteiger partial charge in [-0.15, -0.1) is 0 Å². The van der Waals surface area contributed by atoms with Gasteiger partial charge in [0.05, 0.1) is 14.2 Å². The Morgan fingerprint density at radius 3 is 2.58 bits per heavy atom. The number of ether oxygens (including phenoxy) is 2. The zero-order valence-corrected chi connectivity index (χ0v) is 11.2. The second-order valence-corrected chi connectivity index (χ2v) is 4.69. The average molecular weight is 271 g/mol. The van der Waals surface area contributed by atoms with Crippen LogP contribution < -0.4 is 14.8 Å². The molecule has 0 aromatic heterocycles. The topological polar surface area (TPSA) is 30.5 Å². The van der Waals surface area contributed by atoms with E-state index in [9.17, 15) is 8.78 Å². The molecule has 3 nitrogen and oxygen atoms in total. The molecule has 1 aromatic rings. The Morgan fingerprint density at radius 2 is 2.05 bits per heavy atom. The zero-order valence-electron chi connectivity index (χ0n) is 11.2. The highest BCUT2D eigenvalue weighted by molar-refractivity contribution is 5.51. The Hall–Kier alpha value is -1.36. The van der Waals surface area contributed by atoms with Crippen LogP contribution in [-0.2, 0) is 0 Å². The monoisotopic (exact) mass is 271 g/mol. The summed E-state index contributed by atoms with van der Waals surface area (Å²) in [4.78, 5) is 0. The van der Waals surface area contributed by atoms with E-state index >= 15 is 0 Å². The van der Waals surface area contributed by atoms with Crippen LogP contribution in [0.25, 0.3) is 0 Å². The predicted octanol–water partition coefficient (Wildman–Crippen LogP) is 3.11. The molecular formula is C14H19F2NO2. The summed E-state index contributed by atoms with van der Waals surface area (Å²) in [5.41, 5.74) is 0.794. The van der Waals surface area contributed by atoms with Crippen LogP contribution in [0.3, 0.4) is 0 Å². The molecule has 1 saturated heterocycles. The lowest BCUT2D eigenvalue weighted by molar-refractivity contribution is 0.150. The highest BCUT2D eigenvalue weighted by Gasteiger charge is 2.24. The highest BCUT2D eigenvalue weighted by atomic mass is 19.3. The SMILES string of the molecule is COc1cc(C(F)F)cc(C2CCCNC2)c1OC. The quantitative estimate of drug-likeness (QED) is 0.912. The highest BCUT2D eigenvalue weighted by Crippen LogP contribution is 2.41. The van der Waals surface area contributed by atoms with Crippen LogP contribution in [0.1, 0.15) is 36.3 Å². The van der Waals surface area contributed by atoms with E-state index in [1.807, 2.05) is 0 Å². The fourth-order valence-corrected chi connectivity index (χ4v) is 2.56. The van der Waals surface area contributed by atoms with Gasteiger partial charge in [0.25, 0.3) is 6.43 Å². The van der Waals surface area contributed by atoms with Gasteiger partial charge in [-0.3, -0.25) is 0 Å². The van der Waals surface area contributed by atoms with Gasteiger partial charge in [-0.05, 0) is 31.5 Å². The third-order valence-electron chi connectivity index (χ3n) is 3.52. The molecule has 19 heavy (non-hydrogen) atoms. The first kappa shape index (κ1) is 14.1. The predicted molar refractivity (Wildman–Crippen MR) is 69.3 cm³/mol. The molecule has 0 bridgehead atoms. The van der Waals surface area contributed by atoms with Crippen LogP contribution in [-0.4, -0.2) is 27.3 Å². The van der Waals surface area contributed by atoms with Crippen LogP contribution >= 0.6 is 0 Å². The van der Waals surface area contributed by atoms with Crippen molar-refractivity contribution < 1.29 is 18.3 Å². The van der Waals surface area contributed by atoms with E-state index < -0.39 is 6.43 Å². The molecule has 0 radical (unpaired) electrons. The summed E-state index contributed by atoms with van der Waals surface area (Å²) < 4.78 is 36.4. The Labute approximate surface area is 111 Å². The van der Waals surface area contributed by atoms with E-state index in [4.69, 9.17) is 9.47 Å². The lowest BCUT2D eigenvalue weighted by atomic mass is 9.89. The normalized spacial score (nSPS) is 19.5. The lowest BCUT2D eigenvalue weighted by Gasteiger charge is -2.26. The van der Waals surface area contributed by atoms with Gasteiger partial charge in [0.2, 0.25) is 0 Å². The number of methoxy groups -OCH3 is 2. The Morgan fingerprint density at radius 1 is 1.26 bits per heavy atom. The molecule has 1 aliphatic heterocycles. The van der Waals surface area contributed by atoms with Crippen molar-refractivity contribution >= 4 is 0 Å². The third-order valence-corrected chi connectivity index (χ3v) is 3.52. The van der Waals surface area contributed by atoms with E-state index in [1.54, 1.807) is 13.2 Å². The Bertz CT molecular complexity index is 432. The molecule has 0 amide bonds. The second kappa shape index (κ2) is 6.19. The summed E-state index contributed by atoms with van der Waals surface area (Å²) in [7, 11) is 3.01. The number of hydrogen-bond donors (Lipinski definition) is 1. The maximum atomic E-state index is 13.0. The summed E-state index contributed by atoms with van der Waals surface area (Å²) in [6.45, 7) is 1.76. The number of halogens is 2. The van der Waals surface area contributed by atoms with Crippen LogP contribution in [0.2, 0.25) is 0 Å². The smallest absolute Gasteiger partial charge is 0.263 e. The first-order valence-electron chi connectivity index (χ1n) is 6.42. The summed E-state index contributed by atoms with van der Waals surface area (Å²) in [6.07, 6.45) is -0.496. The molecule has 0 saturated carbocycles. The molecule has 0 spiro atoms. The molecule has 1 N–H and O–H groups in total. The van der Waals surface area contributed by atoms with Crippen LogP contribution in [0.4, 0.5) is 8.78 Å². The number of hydrogen-bond acceptors (Lipinski definition) is 3. The van der Waals surface area contributed by atoms with Gasteiger partial charge >= 0.3 is 0 Å². The van der Waals surface area contributed by atoms with E-state index in [0.717, 1.165) is 31.5 Å². The minimum Gasteiger partial charge on any atom is -0.493 e. The lowest BCUT2D eigenvalue weighted by Crippen LogP contribution is -2.28. The molecule has 5 heteroatoms. The zero-order chi connectivity index (χ0) is 13.8. The molecule has 1 aromatic carbocycles. The molecule has 1 fully saturated rings. The van der Waals surface area contributed by atoms with Crippen molar-refractivity contribution in [2.75, 3.05) is 27.3 Å². The number of benzene rings is 1. The first-order chi connectivity index (χ1) is 9.17. The van der Waals surface area contributed by atoms with E-state index in [-0.39, 0.29) is 11.5 Å². The van der Waals surface area contributed by atoms with Gasteiger partial charge in [-0.1, -0.05) is 0 Å². The van der Waals surface area contributed by atoms with E-state index in [0.29, 0.717) is 11.5 Å². The van der Waals surface area contributed by atoms with Crippen LogP contribution in [0.5, 0.6) is 11.5 Å². The second-order valence-electron chi connectivity index (χ2n) is 4.69. The largest absolute Gasteiger partial charge is 0.493 e. The van der Waals surface area contributed by atoms with Crippen LogP contribution in [0.15, 0.2) is 12.1 Å². The fraction of sp³-hybridized carbons (Fsp3) is 0.571. The van der Waals surface area contributed by atoms with Crippen LogP contribution in [0, 0.1) is 0 Å². The van der Waals surface area contributed by atoms with Gasteiger partial charge in [-0.2, -0.15) is 0 Å². The minimum atomic E-state index is -2.50. The summed E-state index contributed by atoms with van der Waals surface area (Å²) in [5.74, 6) is 1.14. The first-order valence-corrected chi connectivity index (χ1v) is 6.42. The standard InChI is InChI=1S/C14H19F2NO2/c1-18-12-7-10(14(15)16)6-11(13(12)19-2)9-4-3-5-17-8-9/h6-7,9,14,17H,3-5,8H2,1-2H3. The van der Waals surface area contributed by atoms with Gasteiger partial charge in [0, 0.05) is 23.6 Å². The molecule has 1 atom stereocenters. The van der Waals surface area contributed by atoms with Crippen molar-refractivity contribution in [3.05, 3.63) is 23.3 Å². The maximum absolute atomic E-state index is 13.0. The molecule has 1 aliphatic rings. The minimum absolute atomic E-state index is 0.0155. The molecule has 1 heterocycles. The fourth-order valence-electron chi connectivity index (χ4n) is 2.56. The molecule has 0 aliphatic carbocycles. The molecule has 1 unspecified atom stereocenters. The van der Waals surface area contributed by atoms with Crippen molar-refractivity contribution in [3.63, 3.8) is 0 Å². The van der Waals surface area contributed by atoms with Gasteiger partial charge < -0.3 is 14.8 Å². The number of alkyl halides is 2. The van der Waals surface area contributed by atoms with Crippen molar-refractivity contribution in [3.8, 4) is 11.5 Å². The average Bonchev–Trinajstić information content (AvgIpc) is 2.46. The van der Waals surface area contributed by atoms with Crippen molar-refractivity contribution in [2.45, 2.75) is 25.2 Å². The van der Waals surface area contributed by atoms with Crippen molar-refractivity contribution in [1.29, 1.82) is 0 Å². The van der Waals surface area contributed by atoms with E-state index in [2.05, 4.69) is 5.32 Å². The van der Waals surface area contributed by atoms with Crippen molar-refractivity contribution in [2.24, 2.45) is 0 Å². The summed E-state index contributed by atoms with van der Waals surface area (Å²) in [6, 6.07) is 2.90. The van der Waals surface area contributed by atoms with E-state index in [1.165, 1.54) is 13.2 Å². The summed E-state index contributed by atoms with van der Waals surface area (Å²) in [5, 5.41) is 3.29. The summed E-state index contributed by atoms with van der Waals surface area (Å²) >= 11 is 0. The molecule has 2 rings (SSSR count).